The van der Waals surface area contributed by atoms with Gasteiger partial charge in [-0.1, -0.05) is 35.5 Å². The van der Waals surface area contributed by atoms with E-state index in [0.717, 1.165) is 12.8 Å². The van der Waals surface area contributed by atoms with Gasteiger partial charge in [0.15, 0.2) is 6.61 Å². The molecule has 1 fully saturated rings. The summed E-state index contributed by atoms with van der Waals surface area (Å²) in [5, 5.41) is 15.2. The van der Waals surface area contributed by atoms with Gasteiger partial charge in [-0.15, -0.1) is 0 Å². The average molecular weight is 422 g/mol. The molecule has 4 rings (SSSR count). The summed E-state index contributed by atoms with van der Waals surface area (Å²) in [5.41, 5.74) is 1.05. The number of para-hydroxylation sites is 1. The van der Waals surface area contributed by atoms with Gasteiger partial charge in [0.25, 0.3) is 11.6 Å². The second kappa shape index (κ2) is 8.95. The topological polar surface area (TPSA) is 112 Å². The number of aryl methyl sites for hydroxylation is 1. The van der Waals surface area contributed by atoms with Gasteiger partial charge in [-0.2, -0.15) is 4.98 Å². The molecule has 160 valence electrons. The Bertz CT molecular complexity index is 1080. The Hall–Kier alpha value is -3.75. The molecular formula is C22H22N4O5. The summed E-state index contributed by atoms with van der Waals surface area (Å²) in [7, 11) is 0. The molecule has 9 nitrogen and oxygen atoms in total. The fraction of sp³-hybridized carbons (Fsp3) is 0.318. The molecule has 0 aliphatic carbocycles. The summed E-state index contributed by atoms with van der Waals surface area (Å²) in [6.45, 7) is 2.17. The zero-order valence-electron chi connectivity index (χ0n) is 17.1. The molecule has 1 saturated heterocycles. The molecular weight excluding hydrogens is 400 g/mol. The second-order valence-electron chi connectivity index (χ2n) is 7.42. The third kappa shape index (κ3) is 4.55. The lowest BCUT2D eigenvalue weighted by atomic mass is 10.0. The number of hydrogen-bond acceptors (Lipinski definition) is 7. The van der Waals surface area contributed by atoms with Gasteiger partial charge < -0.3 is 14.2 Å². The van der Waals surface area contributed by atoms with Crippen LogP contribution in [0.1, 0.15) is 36.8 Å². The normalized spacial score (nSPS) is 16.2. The number of nitrogens with zero attached hydrogens (tertiary/aromatic N) is 4. The van der Waals surface area contributed by atoms with Crippen LogP contribution in [0.5, 0.6) is 5.75 Å². The Kier molecular flexibility index (Phi) is 5.92. The number of likely N-dealkylation sites (tertiary alicyclic amines) is 1. The van der Waals surface area contributed by atoms with Crippen molar-refractivity contribution in [2.45, 2.75) is 32.2 Å². The number of benzene rings is 2. The van der Waals surface area contributed by atoms with E-state index in [-0.39, 0.29) is 30.1 Å². The summed E-state index contributed by atoms with van der Waals surface area (Å²) in [5.74, 6) is 1.06. The minimum atomic E-state index is -0.436. The van der Waals surface area contributed by atoms with Gasteiger partial charge in [-0.05, 0) is 38.3 Å². The van der Waals surface area contributed by atoms with E-state index in [2.05, 4.69) is 10.1 Å². The van der Waals surface area contributed by atoms with Gasteiger partial charge in [0.1, 0.15) is 11.8 Å². The standard InChI is InChI=1S/C22H22N4O5/c1-15-10-11-16(13-19(15)26(28)29)21-23-22(31-24-21)18-9-5-6-12-25(18)20(27)14-30-17-7-3-2-4-8-17/h2-4,7-8,10-11,13,18H,5-6,9,12,14H2,1H3/t18-/m0/s1. The minimum absolute atomic E-state index is 0.00335. The molecule has 3 aromatic rings. The minimum Gasteiger partial charge on any atom is -0.484 e. The molecule has 9 heteroatoms. The van der Waals surface area contributed by atoms with Crippen LogP contribution in [0.15, 0.2) is 53.1 Å². The molecule has 1 amide bonds. The smallest absolute Gasteiger partial charge is 0.273 e. The molecule has 0 spiro atoms. The summed E-state index contributed by atoms with van der Waals surface area (Å²) in [6.07, 6.45) is 2.52. The number of nitro benzene ring substituents is 1. The zero-order chi connectivity index (χ0) is 21.8. The summed E-state index contributed by atoms with van der Waals surface area (Å²) < 4.78 is 11.1. The Balaban J connectivity index is 1.51. The fourth-order valence-electron chi connectivity index (χ4n) is 3.66. The lowest BCUT2D eigenvalue weighted by molar-refractivity contribution is -0.385. The van der Waals surface area contributed by atoms with Gasteiger partial charge in [0, 0.05) is 23.7 Å². The van der Waals surface area contributed by atoms with Crippen LogP contribution >= 0.6 is 0 Å². The summed E-state index contributed by atoms with van der Waals surface area (Å²) in [6, 6.07) is 13.6. The molecule has 0 radical (unpaired) electrons. The number of carbonyl (C=O) groups excluding carboxylic acids is 1. The number of nitro groups is 1. The average Bonchev–Trinajstić information content (AvgIpc) is 3.28. The van der Waals surface area contributed by atoms with Gasteiger partial charge in [0.05, 0.1) is 4.92 Å². The first-order valence-corrected chi connectivity index (χ1v) is 10.1. The number of rotatable bonds is 6. The van der Waals surface area contributed by atoms with Crippen molar-refractivity contribution in [3.63, 3.8) is 0 Å². The highest BCUT2D eigenvalue weighted by molar-refractivity contribution is 5.78. The van der Waals surface area contributed by atoms with Crippen molar-refractivity contribution in [3.05, 3.63) is 70.1 Å². The zero-order valence-corrected chi connectivity index (χ0v) is 17.1. The molecule has 31 heavy (non-hydrogen) atoms. The number of ether oxygens (including phenoxy) is 1. The number of aromatic nitrogens is 2. The number of hydrogen-bond donors (Lipinski definition) is 0. The summed E-state index contributed by atoms with van der Waals surface area (Å²) in [4.78, 5) is 29.8. The number of carbonyl (C=O) groups is 1. The van der Waals surface area contributed by atoms with Crippen molar-refractivity contribution < 1.29 is 19.0 Å². The van der Waals surface area contributed by atoms with Gasteiger partial charge >= 0.3 is 0 Å². The molecule has 2 aromatic carbocycles. The third-order valence-corrected chi connectivity index (χ3v) is 5.32. The Morgan fingerprint density at radius 1 is 1.26 bits per heavy atom. The monoisotopic (exact) mass is 422 g/mol. The highest BCUT2D eigenvalue weighted by Crippen LogP contribution is 2.32. The van der Waals surface area contributed by atoms with Crippen LogP contribution < -0.4 is 4.74 Å². The molecule has 0 N–H and O–H groups in total. The van der Waals surface area contributed by atoms with Gasteiger partial charge in [-0.25, -0.2) is 0 Å². The number of piperidine rings is 1. The summed E-state index contributed by atoms with van der Waals surface area (Å²) >= 11 is 0. The lowest BCUT2D eigenvalue weighted by Crippen LogP contribution is -2.41. The van der Waals surface area contributed by atoms with Crippen LogP contribution in [0.25, 0.3) is 11.4 Å². The molecule has 0 unspecified atom stereocenters. The van der Waals surface area contributed by atoms with E-state index in [1.807, 2.05) is 18.2 Å². The number of amides is 1. The maximum absolute atomic E-state index is 12.8. The van der Waals surface area contributed by atoms with E-state index in [1.165, 1.54) is 6.07 Å². The predicted octanol–water partition coefficient (Wildman–Crippen LogP) is 4.09. The van der Waals surface area contributed by atoms with E-state index in [4.69, 9.17) is 9.26 Å². The van der Waals surface area contributed by atoms with Gasteiger partial charge in [0.2, 0.25) is 11.7 Å². The largest absolute Gasteiger partial charge is 0.484 e. The first kappa shape index (κ1) is 20.5. The third-order valence-electron chi connectivity index (χ3n) is 5.32. The van der Waals surface area contributed by atoms with Crippen molar-refractivity contribution in [1.82, 2.24) is 15.0 Å². The molecule has 2 heterocycles. The predicted molar refractivity (Wildman–Crippen MR) is 111 cm³/mol. The van der Waals surface area contributed by atoms with Crippen LogP contribution in [-0.2, 0) is 4.79 Å². The van der Waals surface area contributed by atoms with E-state index in [0.29, 0.717) is 35.7 Å². The maximum Gasteiger partial charge on any atom is 0.273 e. The molecule has 1 atom stereocenters. The van der Waals surface area contributed by atoms with Crippen LogP contribution in [0.3, 0.4) is 0 Å². The van der Waals surface area contributed by atoms with E-state index < -0.39 is 4.92 Å². The highest BCUT2D eigenvalue weighted by Gasteiger charge is 2.32. The lowest BCUT2D eigenvalue weighted by Gasteiger charge is -2.33. The molecule has 0 bridgehead atoms. The fourth-order valence-corrected chi connectivity index (χ4v) is 3.66. The molecule has 1 aliphatic rings. The van der Waals surface area contributed by atoms with Crippen molar-refractivity contribution in [3.8, 4) is 17.1 Å². The van der Waals surface area contributed by atoms with Crippen LogP contribution in [0, 0.1) is 17.0 Å². The molecule has 1 aliphatic heterocycles. The quantitative estimate of drug-likeness (QED) is 0.434. The van der Waals surface area contributed by atoms with Crippen LogP contribution in [0.4, 0.5) is 5.69 Å². The van der Waals surface area contributed by atoms with Crippen molar-refractivity contribution in [2.75, 3.05) is 13.2 Å². The first-order chi connectivity index (χ1) is 15.0. The van der Waals surface area contributed by atoms with E-state index in [1.54, 1.807) is 36.1 Å². The Morgan fingerprint density at radius 2 is 2.06 bits per heavy atom. The Labute approximate surface area is 178 Å². The van der Waals surface area contributed by atoms with E-state index in [9.17, 15) is 14.9 Å². The Morgan fingerprint density at radius 3 is 2.84 bits per heavy atom. The second-order valence-corrected chi connectivity index (χ2v) is 7.42. The maximum atomic E-state index is 12.8. The SMILES string of the molecule is Cc1ccc(-c2noc([C@@H]3CCCCN3C(=O)COc3ccccc3)n2)cc1[N+](=O)[O-]. The highest BCUT2D eigenvalue weighted by atomic mass is 16.6. The van der Waals surface area contributed by atoms with E-state index >= 15 is 0 Å². The van der Waals surface area contributed by atoms with Crippen LogP contribution in [-0.4, -0.2) is 39.0 Å². The van der Waals surface area contributed by atoms with Crippen LogP contribution in [0.2, 0.25) is 0 Å². The molecule has 0 saturated carbocycles. The van der Waals surface area contributed by atoms with Crippen molar-refractivity contribution >= 4 is 11.6 Å². The van der Waals surface area contributed by atoms with Gasteiger partial charge in [-0.3, -0.25) is 14.9 Å². The van der Waals surface area contributed by atoms with Crippen molar-refractivity contribution in [2.24, 2.45) is 0 Å². The first-order valence-electron chi connectivity index (χ1n) is 10.1. The van der Waals surface area contributed by atoms with Crippen molar-refractivity contribution in [1.29, 1.82) is 0 Å². The molecule has 1 aromatic heterocycles.